The molecule has 2 unspecified atom stereocenters. The molecule has 1 fully saturated rings. The molecule has 1 N–H and O–H groups in total. The van der Waals surface area contributed by atoms with E-state index in [1.807, 2.05) is 7.05 Å². The highest BCUT2D eigenvalue weighted by Gasteiger charge is 2.20. The molecule has 1 aliphatic rings. The average molecular weight is 232 g/mol. The Morgan fingerprint density at radius 2 is 2.06 bits per heavy atom. The molecule has 94 valence electrons. The van der Waals surface area contributed by atoms with Crippen LogP contribution in [0.3, 0.4) is 0 Å². The lowest BCUT2D eigenvalue weighted by molar-refractivity contribution is 0.577. The highest BCUT2D eigenvalue weighted by molar-refractivity contribution is 5.49. The topological polar surface area (TPSA) is 15.3 Å². The van der Waals surface area contributed by atoms with Crippen molar-refractivity contribution >= 4 is 5.69 Å². The molecule has 0 radical (unpaired) electrons. The molecule has 0 aromatic heterocycles. The number of hydrogen-bond donors (Lipinski definition) is 1. The molecule has 0 saturated carbocycles. The van der Waals surface area contributed by atoms with E-state index >= 15 is 0 Å². The zero-order chi connectivity index (χ0) is 12.3. The standard InChI is InChI=1S/C15H24N2/c1-4-15(16-3)13-7-9-14(10-8-13)17-11-5-6-12(17)2/h7-10,12,15-16H,4-6,11H2,1-3H3. The molecule has 1 aromatic rings. The zero-order valence-electron chi connectivity index (χ0n) is 11.2. The minimum atomic E-state index is 0.486. The second-order valence-corrected chi connectivity index (χ2v) is 5.03. The summed E-state index contributed by atoms with van der Waals surface area (Å²) in [5, 5.41) is 3.35. The molecule has 0 aliphatic carbocycles. The van der Waals surface area contributed by atoms with Gasteiger partial charge in [-0.1, -0.05) is 19.1 Å². The maximum Gasteiger partial charge on any atom is 0.0368 e. The molecule has 2 nitrogen and oxygen atoms in total. The van der Waals surface area contributed by atoms with Crippen molar-refractivity contribution in [2.45, 2.75) is 45.2 Å². The van der Waals surface area contributed by atoms with Crippen LogP contribution in [-0.2, 0) is 0 Å². The molecule has 1 aliphatic heterocycles. The fraction of sp³-hybridized carbons (Fsp3) is 0.600. The highest BCUT2D eigenvalue weighted by atomic mass is 15.2. The molecule has 0 amide bonds. The minimum Gasteiger partial charge on any atom is -0.369 e. The Morgan fingerprint density at radius 3 is 2.53 bits per heavy atom. The van der Waals surface area contributed by atoms with Crippen LogP contribution >= 0.6 is 0 Å². The van der Waals surface area contributed by atoms with Crippen LogP contribution in [0.4, 0.5) is 5.69 Å². The minimum absolute atomic E-state index is 0.486. The van der Waals surface area contributed by atoms with E-state index < -0.39 is 0 Å². The van der Waals surface area contributed by atoms with E-state index in [0.717, 1.165) is 6.42 Å². The van der Waals surface area contributed by atoms with Crippen molar-refractivity contribution in [2.24, 2.45) is 0 Å². The lowest BCUT2D eigenvalue weighted by Crippen LogP contribution is -2.26. The summed E-state index contributed by atoms with van der Waals surface area (Å²) in [4.78, 5) is 2.52. The van der Waals surface area contributed by atoms with Crippen LogP contribution in [0.1, 0.15) is 44.7 Å². The van der Waals surface area contributed by atoms with Crippen molar-refractivity contribution in [1.29, 1.82) is 0 Å². The van der Waals surface area contributed by atoms with Crippen LogP contribution in [-0.4, -0.2) is 19.6 Å². The van der Waals surface area contributed by atoms with Crippen LogP contribution in [0.15, 0.2) is 24.3 Å². The SMILES string of the molecule is CCC(NC)c1ccc(N2CCCC2C)cc1. The van der Waals surface area contributed by atoms with Crippen LogP contribution < -0.4 is 10.2 Å². The largest absolute Gasteiger partial charge is 0.369 e. The maximum absolute atomic E-state index is 3.35. The summed E-state index contributed by atoms with van der Waals surface area (Å²) < 4.78 is 0. The summed E-state index contributed by atoms with van der Waals surface area (Å²) in [7, 11) is 2.03. The molecule has 0 spiro atoms. The van der Waals surface area contributed by atoms with E-state index in [0.29, 0.717) is 12.1 Å². The van der Waals surface area contributed by atoms with Gasteiger partial charge in [0, 0.05) is 24.3 Å². The van der Waals surface area contributed by atoms with Gasteiger partial charge in [-0.2, -0.15) is 0 Å². The third-order valence-electron chi connectivity index (χ3n) is 3.94. The first-order chi connectivity index (χ1) is 8.26. The van der Waals surface area contributed by atoms with Crippen LogP contribution in [0.5, 0.6) is 0 Å². The lowest BCUT2D eigenvalue weighted by atomic mass is 10.0. The van der Waals surface area contributed by atoms with Crippen molar-refractivity contribution in [1.82, 2.24) is 5.32 Å². The van der Waals surface area contributed by atoms with Gasteiger partial charge in [0.15, 0.2) is 0 Å². The smallest absolute Gasteiger partial charge is 0.0368 e. The monoisotopic (exact) mass is 232 g/mol. The van der Waals surface area contributed by atoms with Crippen molar-refractivity contribution < 1.29 is 0 Å². The van der Waals surface area contributed by atoms with Gasteiger partial charge in [0.2, 0.25) is 0 Å². The molecule has 2 atom stereocenters. The van der Waals surface area contributed by atoms with Crippen LogP contribution in [0.25, 0.3) is 0 Å². The van der Waals surface area contributed by atoms with Gasteiger partial charge in [0.25, 0.3) is 0 Å². The number of hydrogen-bond acceptors (Lipinski definition) is 2. The van der Waals surface area contributed by atoms with Gasteiger partial charge in [-0.05, 0) is 50.9 Å². The number of benzene rings is 1. The predicted octanol–water partition coefficient (Wildman–Crippen LogP) is 3.35. The summed E-state index contributed by atoms with van der Waals surface area (Å²) in [6.07, 6.45) is 3.79. The van der Waals surface area contributed by atoms with Crippen LogP contribution in [0, 0.1) is 0 Å². The van der Waals surface area contributed by atoms with E-state index in [-0.39, 0.29) is 0 Å². The Bertz CT molecular complexity index is 340. The second-order valence-electron chi connectivity index (χ2n) is 5.03. The molecule has 1 saturated heterocycles. The first kappa shape index (κ1) is 12.4. The van der Waals surface area contributed by atoms with Crippen molar-refractivity contribution in [2.75, 3.05) is 18.5 Å². The normalized spacial score (nSPS) is 21.8. The molecule has 1 aromatic carbocycles. The van der Waals surface area contributed by atoms with Gasteiger partial charge in [0.1, 0.15) is 0 Å². The summed E-state index contributed by atoms with van der Waals surface area (Å²) >= 11 is 0. The molecule has 1 heterocycles. The van der Waals surface area contributed by atoms with Gasteiger partial charge in [-0.3, -0.25) is 0 Å². The summed E-state index contributed by atoms with van der Waals surface area (Å²) in [6, 6.07) is 10.3. The highest BCUT2D eigenvalue weighted by Crippen LogP contribution is 2.27. The molecular formula is C15H24N2. The van der Waals surface area contributed by atoms with Crippen molar-refractivity contribution in [3.63, 3.8) is 0 Å². The van der Waals surface area contributed by atoms with Gasteiger partial charge >= 0.3 is 0 Å². The molecule has 2 rings (SSSR count). The fourth-order valence-electron chi connectivity index (χ4n) is 2.82. The van der Waals surface area contributed by atoms with Crippen LogP contribution in [0.2, 0.25) is 0 Å². The molecule has 2 heteroatoms. The van der Waals surface area contributed by atoms with E-state index in [2.05, 4.69) is 48.3 Å². The number of nitrogens with one attached hydrogen (secondary N) is 1. The average Bonchev–Trinajstić information content (AvgIpc) is 2.78. The Labute approximate surface area is 105 Å². The lowest BCUT2D eigenvalue weighted by Gasteiger charge is -2.24. The van der Waals surface area contributed by atoms with E-state index in [1.165, 1.54) is 30.6 Å². The Kier molecular flexibility index (Phi) is 4.06. The van der Waals surface area contributed by atoms with E-state index in [9.17, 15) is 0 Å². The Morgan fingerprint density at radius 1 is 1.35 bits per heavy atom. The summed E-state index contributed by atoms with van der Waals surface area (Å²) in [6.45, 7) is 5.75. The predicted molar refractivity (Wildman–Crippen MR) is 74.6 cm³/mol. The Balaban J connectivity index is 2.12. The van der Waals surface area contributed by atoms with E-state index in [4.69, 9.17) is 0 Å². The van der Waals surface area contributed by atoms with Gasteiger partial charge < -0.3 is 10.2 Å². The quantitative estimate of drug-likeness (QED) is 0.856. The molecule has 17 heavy (non-hydrogen) atoms. The van der Waals surface area contributed by atoms with E-state index in [1.54, 1.807) is 0 Å². The first-order valence-electron chi connectivity index (χ1n) is 6.80. The summed E-state index contributed by atoms with van der Waals surface area (Å²) in [5.74, 6) is 0. The van der Waals surface area contributed by atoms with Crippen molar-refractivity contribution in [3.05, 3.63) is 29.8 Å². The molecule has 0 bridgehead atoms. The number of rotatable bonds is 4. The zero-order valence-corrected chi connectivity index (χ0v) is 11.2. The second kappa shape index (κ2) is 5.54. The van der Waals surface area contributed by atoms with Gasteiger partial charge in [-0.15, -0.1) is 0 Å². The third kappa shape index (κ3) is 2.63. The maximum atomic E-state index is 3.35. The number of nitrogens with zero attached hydrogens (tertiary/aromatic N) is 1. The summed E-state index contributed by atoms with van der Waals surface area (Å²) in [5.41, 5.74) is 2.77. The van der Waals surface area contributed by atoms with Gasteiger partial charge in [0.05, 0.1) is 0 Å². The third-order valence-corrected chi connectivity index (χ3v) is 3.94. The van der Waals surface area contributed by atoms with Gasteiger partial charge in [-0.25, -0.2) is 0 Å². The molecular weight excluding hydrogens is 208 g/mol. The first-order valence-corrected chi connectivity index (χ1v) is 6.80. The number of anilines is 1. The van der Waals surface area contributed by atoms with Crippen molar-refractivity contribution in [3.8, 4) is 0 Å². The Hall–Kier alpha value is -1.02. The fourth-order valence-corrected chi connectivity index (χ4v) is 2.82.